The minimum absolute atomic E-state index is 0.0124. The highest BCUT2D eigenvalue weighted by molar-refractivity contribution is 5.91. The lowest BCUT2D eigenvalue weighted by molar-refractivity contribution is -0.154. The number of nitrogens with zero attached hydrogens (tertiary/aromatic N) is 1. The number of amides is 1. The first kappa shape index (κ1) is 16.3. The number of hydrogen-bond acceptors (Lipinski definition) is 4. The highest BCUT2D eigenvalue weighted by Crippen LogP contribution is 2.53. The summed E-state index contributed by atoms with van der Waals surface area (Å²) in [7, 11) is 0. The lowest BCUT2D eigenvalue weighted by atomic mass is 9.77. The van der Waals surface area contributed by atoms with Crippen LogP contribution in [-0.4, -0.2) is 41.6 Å². The number of ether oxygens (including phenoxy) is 2. The van der Waals surface area contributed by atoms with Crippen LogP contribution in [0.25, 0.3) is 0 Å². The molecule has 3 heterocycles. The predicted molar refractivity (Wildman–Crippen MR) is 91.5 cm³/mol. The fourth-order valence-corrected chi connectivity index (χ4v) is 4.34. The summed E-state index contributed by atoms with van der Waals surface area (Å²) in [6.07, 6.45) is 4.31. The molecular formula is C20H23NO4. The van der Waals surface area contributed by atoms with Gasteiger partial charge in [-0.15, -0.1) is 0 Å². The number of carbonyl (C=O) groups excluding carboxylic acids is 2. The van der Waals surface area contributed by atoms with E-state index in [0.29, 0.717) is 13.2 Å². The van der Waals surface area contributed by atoms with Crippen molar-refractivity contribution >= 4 is 11.9 Å². The van der Waals surface area contributed by atoms with Crippen LogP contribution in [0.15, 0.2) is 42.5 Å². The first-order valence-corrected chi connectivity index (χ1v) is 8.96. The van der Waals surface area contributed by atoms with Crippen molar-refractivity contribution < 1.29 is 19.1 Å². The smallest absolute Gasteiger partial charge is 0.312 e. The Labute approximate surface area is 147 Å². The lowest BCUT2D eigenvalue weighted by Crippen LogP contribution is -2.40. The molecule has 0 aromatic heterocycles. The zero-order valence-corrected chi connectivity index (χ0v) is 14.6. The standard InChI is InChI=1S/C20H23NO4/c1-3-11-24-19(23)16-15-9-10-20(25-15)12-21(18(22)17(16)20)13(2)14-7-5-4-6-8-14/h4-10,13,15-17H,3,11-12H2,1-2H3/t13-,15-,16-,17-,20+/m1/s1. The first-order chi connectivity index (χ1) is 12.1. The van der Waals surface area contributed by atoms with Gasteiger partial charge >= 0.3 is 5.97 Å². The third kappa shape index (κ3) is 2.41. The first-order valence-electron chi connectivity index (χ1n) is 8.96. The molecule has 1 aromatic rings. The van der Waals surface area contributed by atoms with E-state index in [-0.39, 0.29) is 24.0 Å². The largest absolute Gasteiger partial charge is 0.465 e. The van der Waals surface area contributed by atoms with E-state index in [9.17, 15) is 9.59 Å². The van der Waals surface area contributed by atoms with Crippen LogP contribution in [0, 0.1) is 11.8 Å². The molecule has 5 nitrogen and oxygen atoms in total. The third-order valence-electron chi connectivity index (χ3n) is 5.60. The minimum atomic E-state index is -0.680. The summed E-state index contributed by atoms with van der Waals surface area (Å²) in [6.45, 7) is 4.84. The van der Waals surface area contributed by atoms with Crippen LogP contribution in [0.3, 0.4) is 0 Å². The Bertz CT molecular complexity index is 716. The molecule has 5 atom stereocenters. The second-order valence-electron chi connectivity index (χ2n) is 7.12. The molecule has 2 fully saturated rings. The van der Waals surface area contributed by atoms with E-state index in [4.69, 9.17) is 9.47 Å². The zero-order chi connectivity index (χ0) is 17.6. The zero-order valence-electron chi connectivity index (χ0n) is 14.6. The maximum absolute atomic E-state index is 13.2. The Morgan fingerprint density at radius 2 is 2.16 bits per heavy atom. The molecule has 3 aliphatic heterocycles. The fourth-order valence-electron chi connectivity index (χ4n) is 4.34. The summed E-state index contributed by atoms with van der Waals surface area (Å²) in [4.78, 5) is 27.5. The molecule has 2 saturated heterocycles. The van der Waals surface area contributed by atoms with Crippen LogP contribution < -0.4 is 0 Å². The van der Waals surface area contributed by atoms with Gasteiger partial charge in [0.1, 0.15) is 11.5 Å². The third-order valence-corrected chi connectivity index (χ3v) is 5.60. The Hall–Kier alpha value is -2.14. The van der Waals surface area contributed by atoms with Gasteiger partial charge in [-0.05, 0) is 18.9 Å². The van der Waals surface area contributed by atoms with Gasteiger partial charge in [0.2, 0.25) is 5.91 Å². The molecule has 1 spiro atoms. The second-order valence-corrected chi connectivity index (χ2v) is 7.12. The number of fused-ring (bicyclic) bond motifs is 1. The fraction of sp³-hybridized carbons (Fsp3) is 0.500. The van der Waals surface area contributed by atoms with Crippen LogP contribution in [-0.2, 0) is 19.1 Å². The van der Waals surface area contributed by atoms with Crippen LogP contribution in [0.5, 0.6) is 0 Å². The van der Waals surface area contributed by atoms with Gasteiger partial charge in [-0.25, -0.2) is 0 Å². The molecule has 3 aliphatic rings. The van der Waals surface area contributed by atoms with Gasteiger partial charge in [0.15, 0.2) is 0 Å². The van der Waals surface area contributed by atoms with Crippen molar-refractivity contribution in [1.29, 1.82) is 0 Å². The van der Waals surface area contributed by atoms with E-state index in [1.165, 1.54) is 0 Å². The molecule has 0 unspecified atom stereocenters. The average molecular weight is 341 g/mol. The maximum Gasteiger partial charge on any atom is 0.312 e. The van der Waals surface area contributed by atoms with Crippen molar-refractivity contribution in [2.45, 2.75) is 38.0 Å². The Morgan fingerprint density at radius 3 is 2.88 bits per heavy atom. The van der Waals surface area contributed by atoms with Gasteiger partial charge in [-0.2, -0.15) is 0 Å². The molecule has 2 bridgehead atoms. The molecule has 1 amide bonds. The average Bonchev–Trinajstić information content (AvgIpc) is 3.28. The lowest BCUT2D eigenvalue weighted by Gasteiger charge is -2.27. The van der Waals surface area contributed by atoms with Crippen molar-refractivity contribution in [3.63, 3.8) is 0 Å². The van der Waals surface area contributed by atoms with Crippen molar-refractivity contribution in [1.82, 2.24) is 4.90 Å². The van der Waals surface area contributed by atoms with Gasteiger partial charge in [-0.1, -0.05) is 49.4 Å². The summed E-state index contributed by atoms with van der Waals surface area (Å²) in [5.41, 5.74) is 0.400. The van der Waals surface area contributed by atoms with Gasteiger partial charge in [0.25, 0.3) is 0 Å². The molecule has 0 saturated carbocycles. The Balaban J connectivity index is 1.60. The highest BCUT2D eigenvalue weighted by atomic mass is 16.6. The number of carbonyl (C=O) groups is 2. The predicted octanol–water partition coefficient (Wildman–Crippen LogP) is 2.48. The Kier molecular flexibility index (Phi) is 3.91. The second kappa shape index (κ2) is 5.99. The summed E-state index contributed by atoms with van der Waals surface area (Å²) >= 11 is 0. The number of benzene rings is 1. The van der Waals surface area contributed by atoms with E-state index in [0.717, 1.165) is 12.0 Å². The number of likely N-dealkylation sites (tertiary alicyclic amines) is 1. The number of rotatable bonds is 5. The number of esters is 1. The van der Waals surface area contributed by atoms with Gasteiger partial charge in [0.05, 0.1) is 31.2 Å². The van der Waals surface area contributed by atoms with Crippen molar-refractivity contribution in [2.75, 3.05) is 13.2 Å². The summed E-state index contributed by atoms with van der Waals surface area (Å²) in [5.74, 6) is -1.33. The normalized spacial score (nSPS) is 33.6. The molecule has 5 heteroatoms. The molecule has 4 rings (SSSR count). The van der Waals surface area contributed by atoms with Gasteiger partial charge in [0, 0.05) is 0 Å². The van der Waals surface area contributed by atoms with E-state index in [1.807, 2.05) is 61.2 Å². The molecule has 0 aliphatic carbocycles. The van der Waals surface area contributed by atoms with Crippen molar-refractivity contribution in [3.05, 3.63) is 48.0 Å². The van der Waals surface area contributed by atoms with E-state index in [2.05, 4.69) is 0 Å². The van der Waals surface area contributed by atoms with E-state index in [1.54, 1.807) is 0 Å². The molecule has 0 radical (unpaired) electrons. The van der Waals surface area contributed by atoms with Crippen LogP contribution in [0.1, 0.15) is 31.9 Å². The summed E-state index contributed by atoms with van der Waals surface area (Å²) in [5, 5.41) is 0. The van der Waals surface area contributed by atoms with Crippen LogP contribution >= 0.6 is 0 Å². The molecule has 0 N–H and O–H groups in total. The van der Waals surface area contributed by atoms with Crippen molar-refractivity contribution in [2.24, 2.45) is 11.8 Å². The topological polar surface area (TPSA) is 55.8 Å². The maximum atomic E-state index is 13.2. The van der Waals surface area contributed by atoms with Crippen LogP contribution in [0.4, 0.5) is 0 Å². The van der Waals surface area contributed by atoms with E-state index < -0.39 is 17.4 Å². The van der Waals surface area contributed by atoms with Crippen LogP contribution in [0.2, 0.25) is 0 Å². The molecule has 132 valence electrons. The molecule has 25 heavy (non-hydrogen) atoms. The summed E-state index contributed by atoms with van der Waals surface area (Å²) in [6, 6.07) is 9.88. The quantitative estimate of drug-likeness (QED) is 0.610. The van der Waals surface area contributed by atoms with Crippen molar-refractivity contribution in [3.8, 4) is 0 Å². The monoisotopic (exact) mass is 341 g/mol. The van der Waals surface area contributed by atoms with E-state index >= 15 is 0 Å². The summed E-state index contributed by atoms with van der Waals surface area (Å²) < 4.78 is 11.4. The minimum Gasteiger partial charge on any atom is -0.465 e. The SMILES string of the molecule is CCCOC(=O)[C@@H]1[C@H]2C=C[C@@]3(CN([C@H](C)c4ccccc4)C(=O)[C@@H]13)O2. The highest BCUT2D eigenvalue weighted by Gasteiger charge is 2.67. The molecule has 1 aromatic carbocycles. The number of hydrogen-bond donors (Lipinski definition) is 0. The van der Waals surface area contributed by atoms with Gasteiger partial charge < -0.3 is 14.4 Å². The Morgan fingerprint density at radius 1 is 1.40 bits per heavy atom. The molecular weight excluding hydrogens is 318 g/mol. The van der Waals surface area contributed by atoms with Gasteiger partial charge in [-0.3, -0.25) is 9.59 Å².